The van der Waals surface area contributed by atoms with Crippen LogP contribution in [0, 0.1) is 11.7 Å². The molecule has 4 heterocycles. The van der Waals surface area contributed by atoms with Gasteiger partial charge in [-0.25, -0.2) is 14.4 Å². The Bertz CT molecular complexity index is 1370. The Morgan fingerprint density at radius 1 is 1.12 bits per heavy atom. The fourth-order valence-electron chi connectivity index (χ4n) is 5.22. The molecule has 2 aromatic rings. The number of aliphatic imine (C=N–C) groups is 1. The lowest BCUT2D eigenvalue weighted by atomic mass is 9.95. The number of morpholine rings is 1. The van der Waals surface area contributed by atoms with Gasteiger partial charge in [0.15, 0.2) is 0 Å². The highest BCUT2D eigenvalue weighted by molar-refractivity contribution is 6.11. The fraction of sp³-hybridized carbons (Fsp3) is 0.429. The smallest absolute Gasteiger partial charge is 0.378 e. The standard InChI is InChI=1S/C28H30F4N6O3/c1-36(2)18-5-6-38(16-18)24-13-22(29)19(17-3-4-25(33-14-17)37-7-9-41-10-8-37)11-23(24)35-27(40)20-15-34-26(39)12-21(20)28(30,31)32/h3-4,11-15,18,20H,5-10,16H2,1-2H3,(H,35,40)/t18-,20?/m1/s1. The van der Waals surface area contributed by atoms with E-state index in [4.69, 9.17) is 4.74 Å². The number of hydrogen-bond acceptors (Lipinski definition) is 7. The number of nitrogens with one attached hydrogen (secondary N) is 1. The molecule has 0 radical (unpaired) electrons. The summed E-state index contributed by atoms with van der Waals surface area (Å²) in [7, 11) is 3.87. The largest absolute Gasteiger partial charge is 0.414 e. The van der Waals surface area contributed by atoms with Crippen molar-refractivity contribution < 1.29 is 31.9 Å². The minimum Gasteiger partial charge on any atom is -0.378 e. The number of benzene rings is 1. The van der Waals surface area contributed by atoms with Crippen LogP contribution in [0.15, 0.2) is 47.1 Å². The van der Waals surface area contributed by atoms with Crippen LogP contribution in [0.4, 0.5) is 34.8 Å². The van der Waals surface area contributed by atoms with Crippen LogP contribution in [0.3, 0.4) is 0 Å². The third kappa shape index (κ3) is 6.25. The molecule has 3 aliphatic heterocycles. The first kappa shape index (κ1) is 28.7. The number of alkyl halides is 3. The molecule has 2 amide bonds. The van der Waals surface area contributed by atoms with E-state index in [-0.39, 0.29) is 17.3 Å². The summed E-state index contributed by atoms with van der Waals surface area (Å²) < 4.78 is 62.0. The van der Waals surface area contributed by atoms with Crippen molar-refractivity contribution in [3.05, 3.63) is 47.9 Å². The number of hydrogen-bond donors (Lipinski definition) is 1. The molecule has 5 rings (SSSR count). The molecule has 13 heteroatoms. The van der Waals surface area contributed by atoms with Crippen LogP contribution >= 0.6 is 0 Å². The maximum Gasteiger partial charge on any atom is 0.414 e. The average Bonchev–Trinajstić information content (AvgIpc) is 3.44. The van der Waals surface area contributed by atoms with Gasteiger partial charge >= 0.3 is 6.18 Å². The van der Waals surface area contributed by atoms with Crippen molar-refractivity contribution in [2.24, 2.45) is 10.9 Å². The molecular formula is C28H30F4N6O3. The lowest BCUT2D eigenvalue weighted by Gasteiger charge is -2.28. The minimum atomic E-state index is -4.91. The molecule has 9 nitrogen and oxygen atoms in total. The van der Waals surface area contributed by atoms with Crippen molar-refractivity contribution in [1.29, 1.82) is 0 Å². The van der Waals surface area contributed by atoms with Crippen LogP contribution in [-0.2, 0) is 14.3 Å². The Morgan fingerprint density at radius 3 is 2.51 bits per heavy atom. The Kier molecular flexibility index (Phi) is 8.09. The van der Waals surface area contributed by atoms with Gasteiger partial charge in [-0.3, -0.25) is 9.59 Å². The first-order chi connectivity index (χ1) is 19.5. The molecule has 2 atom stereocenters. The first-order valence-electron chi connectivity index (χ1n) is 13.2. The van der Waals surface area contributed by atoms with Gasteiger partial charge in [-0.1, -0.05) is 0 Å². The Balaban J connectivity index is 1.49. The van der Waals surface area contributed by atoms with Gasteiger partial charge in [0.2, 0.25) is 5.91 Å². The van der Waals surface area contributed by atoms with Gasteiger partial charge in [0.1, 0.15) is 17.6 Å². The number of ether oxygens (including phenoxy) is 1. The van der Waals surface area contributed by atoms with Gasteiger partial charge in [-0.05, 0) is 44.8 Å². The number of dihydropyridines is 1. The van der Waals surface area contributed by atoms with Crippen LogP contribution in [0.25, 0.3) is 11.1 Å². The van der Waals surface area contributed by atoms with Crippen molar-refractivity contribution in [2.75, 3.05) is 68.6 Å². The molecule has 0 aliphatic carbocycles. The van der Waals surface area contributed by atoms with Gasteiger partial charge < -0.3 is 24.8 Å². The summed E-state index contributed by atoms with van der Waals surface area (Å²) in [6, 6.07) is 6.36. The summed E-state index contributed by atoms with van der Waals surface area (Å²) >= 11 is 0. The molecule has 218 valence electrons. The molecule has 3 aliphatic rings. The molecule has 1 N–H and O–H groups in total. The quantitative estimate of drug-likeness (QED) is 0.528. The van der Waals surface area contributed by atoms with Crippen LogP contribution in [-0.4, -0.2) is 93.6 Å². The van der Waals surface area contributed by atoms with Crippen molar-refractivity contribution >= 4 is 35.2 Å². The highest BCUT2D eigenvalue weighted by Gasteiger charge is 2.43. The van der Waals surface area contributed by atoms with E-state index in [1.807, 2.05) is 23.9 Å². The van der Waals surface area contributed by atoms with Crippen molar-refractivity contribution in [3.8, 4) is 11.1 Å². The lowest BCUT2D eigenvalue weighted by Crippen LogP contribution is -2.36. The fourth-order valence-corrected chi connectivity index (χ4v) is 5.22. The Hall–Kier alpha value is -3.84. The van der Waals surface area contributed by atoms with E-state index in [9.17, 15) is 22.8 Å². The summed E-state index contributed by atoms with van der Waals surface area (Å²) in [6.07, 6.45) is -1.59. The number of nitrogens with zero attached hydrogens (tertiary/aromatic N) is 5. The highest BCUT2D eigenvalue weighted by atomic mass is 19.4. The predicted octanol–water partition coefficient (Wildman–Crippen LogP) is 3.52. The number of halogens is 4. The number of likely N-dealkylation sites (N-methyl/N-ethyl adjacent to an activating group) is 1. The average molecular weight is 575 g/mol. The van der Waals surface area contributed by atoms with Gasteiger partial charge in [-0.15, -0.1) is 0 Å². The summed E-state index contributed by atoms with van der Waals surface area (Å²) in [4.78, 5) is 38.6. The molecule has 1 aromatic heterocycles. The third-order valence-corrected chi connectivity index (χ3v) is 7.55. The molecular weight excluding hydrogens is 544 g/mol. The first-order valence-corrected chi connectivity index (χ1v) is 13.2. The number of anilines is 3. The third-order valence-electron chi connectivity index (χ3n) is 7.55. The topological polar surface area (TPSA) is 90.4 Å². The van der Waals surface area contributed by atoms with E-state index < -0.39 is 35.3 Å². The molecule has 0 saturated carbocycles. The summed E-state index contributed by atoms with van der Waals surface area (Å²) in [5.74, 6) is -3.81. The lowest BCUT2D eigenvalue weighted by molar-refractivity contribution is -0.124. The normalized spacial score (nSPS) is 21.4. The zero-order valence-corrected chi connectivity index (χ0v) is 22.6. The number of amides is 2. The van der Waals surface area contributed by atoms with E-state index in [2.05, 4.69) is 20.2 Å². The number of carbonyl (C=O) groups is 2. The summed E-state index contributed by atoms with van der Waals surface area (Å²) in [6.45, 7) is 3.63. The zero-order chi connectivity index (χ0) is 29.3. The van der Waals surface area contributed by atoms with Crippen LogP contribution in [0.1, 0.15) is 6.42 Å². The van der Waals surface area contributed by atoms with Crippen molar-refractivity contribution in [2.45, 2.75) is 18.6 Å². The van der Waals surface area contributed by atoms with Crippen molar-refractivity contribution in [1.82, 2.24) is 9.88 Å². The second kappa shape index (κ2) is 11.6. The summed E-state index contributed by atoms with van der Waals surface area (Å²) in [5, 5.41) is 2.57. The van der Waals surface area contributed by atoms with E-state index in [1.165, 1.54) is 18.3 Å². The molecule has 0 bridgehead atoms. The second-order valence-electron chi connectivity index (χ2n) is 10.4. The minimum absolute atomic E-state index is 0.132. The number of rotatable bonds is 6. The predicted molar refractivity (Wildman–Crippen MR) is 147 cm³/mol. The molecule has 0 spiro atoms. The van der Waals surface area contributed by atoms with E-state index in [0.29, 0.717) is 68.8 Å². The molecule has 1 aromatic carbocycles. The van der Waals surface area contributed by atoms with E-state index >= 15 is 4.39 Å². The molecule has 41 heavy (non-hydrogen) atoms. The molecule has 2 fully saturated rings. The Morgan fingerprint density at radius 2 is 1.88 bits per heavy atom. The van der Waals surface area contributed by atoms with Crippen LogP contribution in [0.5, 0.6) is 0 Å². The van der Waals surface area contributed by atoms with E-state index in [1.54, 1.807) is 12.1 Å². The van der Waals surface area contributed by atoms with Gasteiger partial charge in [-0.2, -0.15) is 13.2 Å². The number of carbonyl (C=O) groups excluding carboxylic acids is 2. The monoisotopic (exact) mass is 574 g/mol. The SMILES string of the molecule is CN(C)[C@@H]1CCN(c2cc(F)c(-c3ccc(N4CCOCC4)nc3)cc2NC(=O)C2C=NC(=O)C=C2C(F)(F)F)C1. The number of pyridine rings is 1. The maximum atomic E-state index is 15.6. The maximum absolute atomic E-state index is 15.6. The van der Waals surface area contributed by atoms with Crippen molar-refractivity contribution in [3.63, 3.8) is 0 Å². The Labute approximate surface area is 234 Å². The van der Waals surface area contributed by atoms with Gasteiger partial charge in [0.05, 0.1) is 30.2 Å². The highest BCUT2D eigenvalue weighted by Crippen LogP contribution is 2.38. The van der Waals surface area contributed by atoms with Crippen LogP contribution < -0.4 is 15.1 Å². The number of aromatic nitrogens is 1. The van der Waals surface area contributed by atoms with Gasteiger partial charge in [0, 0.05) is 61.8 Å². The van der Waals surface area contributed by atoms with Gasteiger partial charge in [0.25, 0.3) is 5.91 Å². The molecule has 1 unspecified atom stereocenters. The summed E-state index contributed by atoms with van der Waals surface area (Å²) in [5.41, 5.74) is -0.240. The van der Waals surface area contributed by atoms with E-state index in [0.717, 1.165) is 6.42 Å². The zero-order valence-electron chi connectivity index (χ0n) is 22.6. The van der Waals surface area contributed by atoms with Crippen LogP contribution in [0.2, 0.25) is 0 Å². The molecule has 2 saturated heterocycles. The second-order valence-corrected chi connectivity index (χ2v) is 10.4.